The lowest BCUT2D eigenvalue weighted by molar-refractivity contribution is 0.684. The minimum absolute atomic E-state index is 0.317. The van der Waals surface area contributed by atoms with Crippen molar-refractivity contribution in [3.63, 3.8) is 0 Å². The van der Waals surface area contributed by atoms with Gasteiger partial charge in [-0.3, -0.25) is 9.67 Å². The zero-order valence-corrected chi connectivity index (χ0v) is 18.6. The molecule has 7 nitrogen and oxygen atoms in total. The molecule has 3 N–H and O–H groups in total. The van der Waals surface area contributed by atoms with Crippen molar-refractivity contribution in [3.05, 3.63) is 88.0 Å². The highest BCUT2D eigenvalue weighted by molar-refractivity contribution is 6.31. The number of hydrogen-bond acceptors (Lipinski definition) is 6. The molecular weight excluding hydrogens is 422 g/mol. The number of hydrogen-bond donors (Lipinski definition) is 2. The standard InChI is InChI=1S/C24H22ClN7/c1-14-6-24(27)30-16(3)20(14)11-28-15(2)21-13-32(31-23(21)9-26)12-17-4-5-22-18(7-17)8-19(25)10-29-22/h4-8,10,13,28H,2,11-12H2,1,3H3,(H2,27,30). The topological polar surface area (TPSA) is 105 Å². The van der Waals surface area contributed by atoms with Gasteiger partial charge in [-0.1, -0.05) is 24.2 Å². The zero-order chi connectivity index (χ0) is 22.8. The van der Waals surface area contributed by atoms with Gasteiger partial charge in [0.25, 0.3) is 0 Å². The number of pyridine rings is 2. The lowest BCUT2D eigenvalue weighted by atomic mass is 10.1. The van der Waals surface area contributed by atoms with Crippen LogP contribution >= 0.6 is 11.6 Å². The van der Waals surface area contributed by atoms with E-state index in [1.807, 2.05) is 50.4 Å². The fourth-order valence-electron chi connectivity index (χ4n) is 3.69. The summed E-state index contributed by atoms with van der Waals surface area (Å²) in [6.45, 7) is 9.06. The number of aryl methyl sites for hydroxylation is 2. The summed E-state index contributed by atoms with van der Waals surface area (Å²) in [5.41, 5.74) is 12.3. The summed E-state index contributed by atoms with van der Waals surface area (Å²) in [6, 6.07) is 11.8. The number of nitrogens with zero attached hydrogens (tertiary/aromatic N) is 5. The van der Waals surface area contributed by atoms with Crippen molar-refractivity contribution in [3.8, 4) is 6.07 Å². The van der Waals surface area contributed by atoms with E-state index in [1.165, 1.54) is 0 Å². The first kappa shape index (κ1) is 21.3. The largest absolute Gasteiger partial charge is 0.384 e. The number of nitriles is 1. The molecule has 160 valence electrons. The zero-order valence-electron chi connectivity index (χ0n) is 17.9. The maximum absolute atomic E-state index is 9.58. The second-order valence-corrected chi connectivity index (χ2v) is 8.08. The Morgan fingerprint density at radius 1 is 1.28 bits per heavy atom. The van der Waals surface area contributed by atoms with E-state index in [2.05, 4.69) is 33.0 Å². The molecule has 0 saturated carbocycles. The highest BCUT2D eigenvalue weighted by atomic mass is 35.5. The van der Waals surface area contributed by atoms with Crippen molar-refractivity contribution in [1.29, 1.82) is 5.26 Å². The summed E-state index contributed by atoms with van der Waals surface area (Å²) < 4.78 is 1.74. The third kappa shape index (κ3) is 4.41. The van der Waals surface area contributed by atoms with Gasteiger partial charge in [-0.2, -0.15) is 10.4 Å². The van der Waals surface area contributed by atoms with Crippen LogP contribution < -0.4 is 11.1 Å². The molecule has 1 aromatic carbocycles. The smallest absolute Gasteiger partial charge is 0.171 e. The molecule has 0 aliphatic heterocycles. The third-order valence-corrected chi connectivity index (χ3v) is 5.51. The monoisotopic (exact) mass is 443 g/mol. The molecule has 8 heteroatoms. The first-order chi connectivity index (χ1) is 15.3. The van der Waals surface area contributed by atoms with Gasteiger partial charge >= 0.3 is 0 Å². The predicted molar refractivity (Wildman–Crippen MR) is 127 cm³/mol. The maximum atomic E-state index is 9.58. The van der Waals surface area contributed by atoms with Crippen LogP contribution in [-0.4, -0.2) is 19.7 Å². The fourth-order valence-corrected chi connectivity index (χ4v) is 3.86. The van der Waals surface area contributed by atoms with E-state index in [4.69, 9.17) is 17.3 Å². The Bertz CT molecular complexity index is 1360. The summed E-state index contributed by atoms with van der Waals surface area (Å²) in [5, 5.41) is 18.9. The van der Waals surface area contributed by atoms with E-state index in [-0.39, 0.29) is 0 Å². The van der Waals surface area contributed by atoms with Gasteiger partial charge in [0.2, 0.25) is 0 Å². The van der Waals surface area contributed by atoms with Gasteiger partial charge in [-0.05, 0) is 54.8 Å². The Hall–Kier alpha value is -3.89. The number of halogens is 1. The lowest BCUT2D eigenvalue weighted by Crippen LogP contribution is -2.14. The van der Waals surface area contributed by atoms with Crippen LogP contribution in [0.2, 0.25) is 5.02 Å². The number of aromatic nitrogens is 4. The van der Waals surface area contributed by atoms with E-state index in [0.717, 1.165) is 33.3 Å². The third-order valence-electron chi connectivity index (χ3n) is 5.30. The van der Waals surface area contributed by atoms with Gasteiger partial charge < -0.3 is 11.1 Å². The summed E-state index contributed by atoms with van der Waals surface area (Å²) in [4.78, 5) is 8.64. The van der Waals surface area contributed by atoms with E-state index < -0.39 is 0 Å². The first-order valence-electron chi connectivity index (χ1n) is 10.0. The van der Waals surface area contributed by atoms with E-state index in [9.17, 15) is 5.26 Å². The van der Waals surface area contributed by atoms with Crippen LogP contribution in [0.4, 0.5) is 5.82 Å². The molecule has 0 fully saturated rings. The maximum Gasteiger partial charge on any atom is 0.171 e. The van der Waals surface area contributed by atoms with Crippen molar-refractivity contribution in [2.24, 2.45) is 0 Å². The van der Waals surface area contributed by atoms with Gasteiger partial charge in [-0.15, -0.1) is 0 Å². The quantitative estimate of drug-likeness (QED) is 0.458. The van der Waals surface area contributed by atoms with Gasteiger partial charge in [-0.25, -0.2) is 4.98 Å². The molecule has 4 rings (SSSR count). The Kier molecular flexibility index (Phi) is 5.80. The van der Waals surface area contributed by atoms with Crippen molar-refractivity contribution in [1.82, 2.24) is 25.1 Å². The average Bonchev–Trinajstić information content (AvgIpc) is 3.15. The van der Waals surface area contributed by atoms with Crippen molar-refractivity contribution >= 4 is 34.0 Å². The molecule has 0 aliphatic rings. The van der Waals surface area contributed by atoms with E-state index >= 15 is 0 Å². The summed E-state index contributed by atoms with van der Waals surface area (Å²) in [7, 11) is 0. The minimum atomic E-state index is 0.317. The molecule has 0 unspecified atom stereocenters. The van der Waals surface area contributed by atoms with Crippen LogP contribution in [-0.2, 0) is 13.1 Å². The lowest BCUT2D eigenvalue weighted by Gasteiger charge is -2.13. The first-order valence-corrected chi connectivity index (χ1v) is 10.4. The molecule has 0 radical (unpaired) electrons. The molecule has 0 aliphatic carbocycles. The average molecular weight is 444 g/mol. The molecule has 0 bridgehead atoms. The van der Waals surface area contributed by atoms with Gasteiger partial charge in [0.15, 0.2) is 5.69 Å². The Morgan fingerprint density at radius 2 is 2.09 bits per heavy atom. The molecule has 32 heavy (non-hydrogen) atoms. The van der Waals surface area contributed by atoms with Crippen LogP contribution in [0.1, 0.15) is 33.6 Å². The predicted octanol–water partition coefficient (Wildman–Crippen LogP) is 4.36. The number of nitrogens with two attached hydrogens (primary N) is 1. The van der Waals surface area contributed by atoms with E-state index in [0.29, 0.717) is 40.9 Å². The highest BCUT2D eigenvalue weighted by Crippen LogP contribution is 2.21. The SMILES string of the molecule is C=C(NCc1c(C)cc(N)nc1C)c1cn(Cc2ccc3ncc(Cl)cc3c2)nc1C#N. The Morgan fingerprint density at radius 3 is 2.84 bits per heavy atom. The highest BCUT2D eigenvalue weighted by Gasteiger charge is 2.13. The van der Waals surface area contributed by atoms with Crippen LogP contribution in [0, 0.1) is 25.2 Å². The fraction of sp³-hybridized carbons (Fsp3) is 0.167. The van der Waals surface area contributed by atoms with Crippen molar-refractivity contribution < 1.29 is 0 Å². The summed E-state index contributed by atoms with van der Waals surface area (Å²) in [5.74, 6) is 0.502. The number of rotatable bonds is 6. The van der Waals surface area contributed by atoms with Gasteiger partial charge in [0.05, 0.1) is 22.6 Å². The molecule has 3 aromatic heterocycles. The molecule has 3 heterocycles. The second kappa shape index (κ2) is 8.69. The molecule has 0 saturated heterocycles. The summed E-state index contributed by atoms with van der Waals surface area (Å²) >= 11 is 6.07. The molecule has 0 spiro atoms. The molecular formula is C24H22ClN7. The Labute approximate surface area is 191 Å². The van der Waals surface area contributed by atoms with Gasteiger partial charge in [0, 0.05) is 35.7 Å². The van der Waals surface area contributed by atoms with Crippen LogP contribution in [0.15, 0.2) is 49.3 Å². The van der Waals surface area contributed by atoms with Crippen molar-refractivity contribution in [2.45, 2.75) is 26.9 Å². The molecule has 0 atom stereocenters. The van der Waals surface area contributed by atoms with Crippen LogP contribution in [0.5, 0.6) is 0 Å². The van der Waals surface area contributed by atoms with Gasteiger partial charge in [0.1, 0.15) is 11.9 Å². The number of anilines is 1. The number of benzene rings is 1. The number of fused-ring (bicyclic) bond motifs is 1. The second-order valence-electron chi connectivity index (χ2n) is 7.64. The normalized spacial score (nSPS) is 10.8. The van der Waals surface area contributed by atoms with Crippen LogP contribution in [0.25, 0.3) is 16.6 Å². The number of nitrogen functional groups attached to an aromatic ring is 1. The molecule has 0 amide bonds. The summed E-state index contributed by atoms with van der Waals surface area (Å²) in [6.07, 6.45) is 3.46. The number of nitrogens with one attached hydrogen (secondary N) is 1. The minimum Gasteiger partial charge on any atom is -0.384 e. The van der Waals surface area contributed by atoms with Crippen molar-refractivity contribution in [2.75, 3.05) is 5.73 Å². The molecule has 4 aromatic rings. The van der Waals surface area contributed by atoms with Crippen LogP contribution in [0.3, 0.4) is 0 Å². The Balaban J connectivity index is 1.53. The van der Waals surface area contributed by atoms with E-state index in [1.54, 1.807) is 10.9 Å².